The van der Waals surface area contributed by atoms with E-state index >= 15 is 0 Å². The lowest BCUT2D eigenvalue weighted by atomic mass is 9.94. The first-order valence-electron chi connectivity index (χ1n) is 8.30. The Labute approximate surface area is 124 Å². The van der Waals surface area contributed by atoms with Crippen molar-refractivity contribution in [2.75, 3.05) is 18.0 Å². The summed E-state index contributed by atoms with van der Waals surface area (Å²) in [6.45, 7) is 6.67. The largest absolute Gasteiger partial charge is 0.368 e. The van der Waals surface area contributed by atoms with Crippen molar-refractivity contribution < 1.29 is 0 Å². The second-order valence-electron chi connectivity index (χ2n) is 6.25. The van der Waals surface area contributed by atoms with Crippen LogP contribution >= 0.6 is 0 Å². The third kappa shape index (κ3) is 3.76. The molecule has 0 saturated carbocycles. The predicted molar refractivity (Wildman–Crippen MR) is 88.3 cm³/mol. The highest BCUT2D eigenvalue weighted by molar-refractivity contribution is 5.59. The molecule has 1 aromatic carbocycles. The molecule has 0 spiro atoms. The third-order valence-electron chi connectivity index (χ3n) is 4.63. The van der Waals surface area contributed by atoms with Gasteiger partial charge in [0.2, 0.25) is 0 Å². The van der Waals surface area contributed by atoms with Gasteiger partial charge in [0, 0.05) is 18.3 Å². The molecule has 2 nitrogen and oxygen atoms in total. The van der Waals surface area contributed by atoms with Gasteiger partial charge >= 0.3 is 0 Å². The molecule has 1 aliphatic rings. The summed E-state index contributed by atoms with van der Waals surface area (Å²) in [6, 6.07) is 9.54. The SMILES string of the molecule is CCCC(CCN)CCCN1c2ccccc2CC1C. The summed E-state index contributed by atoms with van der Waals surface area (Å²) < 4.78 is 0. The lowest BCUT2D eigenvalue weighted by Crippen LogP contribution is -2.30. The number of hydrogen-bond acceptors (Lipinski definition) is 2. The van der Waals surface area contributed by atoms with Crippen molar-refractivity contribution in [2.45, 2.75) is 58.4 Å². The average molecular weight is 274 g/mol. The number of benzene rings is 1. The first kappa shape index (κ1) is 15.4. The van der Waals surface area contributed by atoms with E-state index in [1.807, 2.05) is 0 Å². The highest BCUT2D eigenvalue weighted by Crippen LogP contribution is 2.32. The lowest BCUT2D eigenvalue weighted by Gasteiger charge is -2.26. The predicted octanol–water partition coefficient (Wildman–Crippen LogP) is 3.98. The molecule has 0 aliphatic carbocycles. The molecule has 0 radical (unpaired) electrons. The highest BCUT2D eigenvalue weighted by Gasteiger charge is 2.24. The Morgan fingerprint density at radius 2 is 2.05 bits per heavy atom. The standard InChI is InChI=1S/C18H30N2/c1-3-7-16(11-12-19)8-6-13-20-15(2)14-17-9-4-5-10-18(17)20/h4-5,9-10,15-16H,3,6-8,11-14,19H2,1-2H3. The van der Waals surface area contributed by atoms with E-state index in [4.69, 9.17) is 5.73 Å². The van der Waals surface area contributed by atoms with Gasteiger partial charge in [-0.1, -0.05) is 38.0 Å². The Balaban J connectivity index is 1.84. The van der Waals surface area contributed by atoms with Crippen LogP contribution in [0.3, 0.4) is 0 Å². The van der Waals surface area contributed by atoms with E-state index in [1.165, 1.54) is 56.3 Å². The normalized spacial score (nSPS) is 19.1. The molecule has 2 N–H and O–H groups in total. The summed E-state index contributed by atoms with van der Waals surface area (Å²) >= 11 is 0. The van der Waals surface area contributed by atoms with Crippen molar-refractivity contribution in [1.29, 1.82) is 0 Å². The van der Waals surface area contributed by atoms with Crippen LogP contribution in [0.15, 0.2) is 24.3 Å². The van der Waals surface area contributed by atoms with E-state index in [9.17, 15) is 0 Å². The summed E-state index contributed by atoms with van der Waals surface area (Å²) in [7, 11) is 0. The number of rotatable bonds is 8. The fourth-order valence-corrected chi connectivity index (χ4v) is 3.60. The maximum atomic E-state index is 5.73. The van der Waals surface area contributed by atoms with E-state index in [2.05, 4.69) is 43.0 Å². The van der Waals surface area contributed by atoms with Gasteiger partial charge in [0.05, 0.1) is 0 Å². The third-order valence-corrected chi connectivity index (χ3v) is 4.63. The van der Waals surface area contributed by atoms with Crippen LogP contribution in [-0.2, 0) is 6.42 Å². The zero-order valence-corrected chi connectivity index (χ0v) is 13.1. The molecule has 2 rings (SSSR count). The first-order chi connectivity index (χ1) is 9.76. The topological polar surface area (TPSA) is 29.3 Å². The molecule has 0 fully saturated rings. The summed E-state index contributed by atoms with van der Waals surface area (Å²) in [5.41, 5.74) is 8.71. The molecule has 1 aromatic rings. The Morgan fingerprint density at radius 3 is 2.80 bits per heavy atom. The number of anilines is 1. The van der Waals surface area contributed by atoms with Crippen LogP contribution < -0.4 is 10.6 Å². The first-order valence-corrected chi connectivity index (χ1v) is 8.30. The van der Waals surface area contributed by atoms with E-state index in [-0.39, 0.29) is 0 Å². The zero-order chi connectivity index (χ0) is 14.4. The molecule has 0 saturated heterocycles. The summed E-state index contributed by atoms with van der Waals surface area (Å²) in [5.74, 6) is 0.832. The van der Waals surface area contributed by atoms with Crippen LogP contribution in [0.5, 0.6) is 0 Å². The smallest absolute Gasteiger partial charge is 0.0402 e. The maximum absolute atomic E-state index is 5.73. The zero-order valence-electron chi connectivity index (χ0n) is 13.1. The van der Waals surface area contributed by atoms with Gasteiger partial charge < -0.3 is 10.6 Å². The van der Waals surface area contributed by atoms with Crippen LogP contribution in [0.25, 0.3) is 0 Å². The number of hydrogen-bond donors (Lipinski definition) is 1. The molecule has 0 amide bonds. The van der Waals surface area contributed by atoms with Crippen molar-refractivity contribution in [3.05, 3.63) is 29.8 Å². The minimum absolute atomic E-state index is 0.659. The van der Waals surface area contributed by atoms with Gasteiger partial charge in [0.1, 0.15) is 0 Å². The molecular weight excluding hydrogens is 244 g/mol. The molecule has 2 unspecified atom stereocenters. The molecule has 1 aliphatic heterocycles. The van der Waals surface area contributed by atoms with Crippen molar-refractivity contribution >= 4 is 5.69 Å². The van der Waals surface area contributed by atoms with Gasteiger partial charge in [0.15, 0.2) is 0 Å². The molecule has 2 atom stereocenters. The molecule has 0 aromatic heterocycles. The summed E-state index contributed by atoms with van der Waals surface area (Å²) in [4.78, 5) is 2.60. The molecular formula is C18H30N2. The lowest BCUT2D eigenvalue weighted by molar-refractivity contribution is 0.407. The number of nitrogens with zero attached hydrogens (tertiary/aromatic N) is 1. The van der Waals surface area contributed by atoms with Crippen LogP contribution in [0.4, 0.5) is 5.69 Å². The van der Waals surface area contributed by atoms with E-state index < -0.39 is 0 Å². The van der Waals surface area contributed by atoms with Gasteiger partial charge in [-0.15, -0.1) is 0 Å². The highest BCUT2D eigenvalue weighted by atomic mass is 15.2. The van der Waals surface area contributed by atoms with Gasteiger partial charge in [-0.2, -0.15) is 0 Å². The fourth-order valence-electron chi connectivity index (χ4n) is 3.60. The van der Waals surface area contributed by atoms with Crippen molar-refractivity contribution in [2.24, 2.45) is 11.7 Å². The number of nitrogens with two attached hydrogens (primary N) is 1. The van der Waals surface area contributed by atoms with Crippen LogP contribution in [0.2, 0.25) is 0 Å². The van der Waals surface area contributed by atoms with E-state index in [0.717, 1.165) is 12.5 Å². The van der Waals surface area contributed by atoms with Crippen molar-refractivity contribution in [3.63, 3.8) is 0 Å². The Bertz CT molecular complexity index is 396. The van der Waals surface area contributed by atoms with Crippen LogP contribution in [-0.4, -0.2) is 19.1 Å². The van der Waals surface area contributed by atoms with E-state index in [1.54, 1.807) is 0 Å². The van der Waals surface area contributed by atoms with Gasteiger partial charge in [-0.05, 0) is 56.7 Å². The van der Waals surface area contributed by atoms with Gasteiger partial charge in [-0.25, -0.2) is 0 Å². The monoisotopic (exact) mass is 274 g/mol. The second-order valence-corrected chi connectivity index (χ2v) is 6.25. The van der Waals surface area contributed by atoms with Crippen LogP contribution in [0.1, 0.15) is 51.5 Å². The molecule has 0 bridgehead atoms. The van der Waals surface area contributed by atoms with Gasteiger partial charge in [-0.3, -0.25) is 0 Å². The van der Waals surface area contributed by atoms with Crippen molar-refractivity contribution in [3.8, 4) is 0 Å². The number of fused-ring (bicyclic) bond motifs is 1. The van der Waals surface area contributed by atoms with E-state index in [0.29, 0.717) is 6.04 Å². The van der Waals surface area contributed by atoms with Crippen LogP contribution in [0, 0.1) is 5.92 Å². The Kier molecular flexibility index (Phi) is 5.90. The Morgan fingerprint density at radius 1 is 1.25 bits per heavy atom. The average Bonchev–Trinajstić information content (AvgIpc) is 2.76. The Hall–Kier alpha value is -1.02. The minimum Gasteiger partial charge on any atom is -0.368 e. The van der Waals surface area contributed by atoms with Gasteiger partial charge in [0.25, 0.3) is 0 Å². The quantitative estimate of drug-likeness (QED) is 0.777. The molecule has 20 heavy (non-hydrogen) atoms. The molecule has 112 valence electrons. The van der Waals surface area contributed by atoms with Crippen molar-refractivity contribution in [1.82, 2.24) is 0 Å². The molecule has 1 heterocycles. The summed E-state index contributed by atoms with van der Waals surface area (Å²) in [5, 5.41) is 0. The summed E-state index contributed by atoms with van der Waals surface area (Å²) in [6.07, 6.45) is 7.65. The fraction of sp³-hybridized carbons (Fsp3) is 0.667. The minimum atomic E-state index is 0.659. The second kappa shape index (κ2) is 7.68. The number of para-hydroxylation sites is 1. The molecule has 2 heteroatoms. The maximum Gasteiger partial charge on any atom is 0.0402 e.